The summed E-state index contributed by atoms with van der Waals surface area (Å²) in [5.41, 5.74) is 0.435. The van der Waals surface area contributed by atoms with Gasteiger partial charge >= 0.3 is 0 Å². The lowest BCUT2D eigenvalue weighted by atomic mass is 9.78. The van der Waals surface area contributed by atoms with Gasteiger partial charge in [0.1, 0.15) is 0 Å². The van der Waals surface area contributed by atoms with E-state index in [2.05, 4.69) is 36.4 Å². The van der Waals surface area contributed by atoms with Crippen molar-refractivity contribution in [3.8, 4) is 0 Å². The fourth-order valence-corrected chi connectivity index (χ4v) is 3.57. The lowest BCUT2D eigenvalue weighted by Crippen LogP contribution is -2.40. The average molecular weight is 267 g/mol. The van der Waals surface area contributed by atoms with Gasteiger partial charge in [0.05, 0.1) is 0 Å². The highest BCUT2D eigenvalue weighted by atomic mass is 15.1. The topological polar surface area (TPSA) is 27.3 Å². The largest absolute Gasteiger partial charge is 0.316 e. The van der Waals surface area contributed by atoms with Gasteiger partial charge in [0, 0.05) is 19.1 Å². The Morgan fingerprint density at radius 2 is 2.11 bits per heavy atom. The first kappa shape index (κ1) is 15.3. The second-order valence-corrected chi connectivity index (χ2v) is 7.35. The first-order valence-electron chi connectivity index (χ1n) is 8.20. The van der Waals surface area contributed by atoms with Crippen LogP contribution in [0.4, 0.5) is 0 Å². The molecule has 0 aromatic carbocycles. The van der Waals surface area contributed by atoms with E-state index in [9.17, 15) is 0 Å². The van der Waals surface area contributed by atoms with Gasteiger partial charge in [0.25, 0.3) is 0 Å². The molecule has 0 bridgehead atoms. The zero-order valence-electron chi connectivity index (χ0n) is 13.2. The first-order chi connectivity index (χ1) is 9.08. The number of hydrogen-bond donors (Lipinski definition) is 2. The van der Waals surface area contributed by atoms with Crippen LogP contribution in [0.3, 0.4) is 0 Å². The molecule has 2 rings (SSSR count). The molecule has 3 heteroatoms. The van der Waals surface area contributed by atoms with Crippen LogP contribution in [0, 0.1) is 11.3 Å². The van der Waals surface area contributed by atoms with E-state index in [1.54, 1.807) is 0 Å². The predicted molar refractivity (Wildman–Crippen MR) is 82.5 cm³/mol. The lowest BCUT2D eigenvalue weighted by Gasteiger charge is -2.32. The Bertz CT molecular complexity index is 259. The number of nitrogens with one attached hydrogen (secondary N) is 2. The van der Waals surface area contributed by atoms with Gasteiger partial charge in [-0.3, -0.25) is 0 Å². The van der Waals surface area contributed by atoms with Crippen LogP contribution in [0.5, 0.6) is 0 Å². The van der Waals surface area contributed by atoms with Crippen molar-refractivity contribution in [2.24, 2.45) is 11.3 Å². The number of nitrogens with zero attached hydrogens (tertiary/aromatic N) is 1. The van der Waals surface area contributed by atoms with Gasteiger partial charge in [-0.1, -0.05) is 20.3 Å². The van der Waals surface area contributed by atoms with Crippen molar-refractivity contribution in [3.05, 3.63) is 0 Å². The van der Waals surface area contributed by atoms with Gasteiger partial charge in [-0.05, 0) is 63.7 Å². The van der Waals surface area contributed by atoms with Crippen LogP contribution in [-0.4, -0.2) is 50.7 Å². The van der Waals surface area contributed by atoms with Gasteiger partial charge in [-0.15, -0.1) is 0 Å². The number of piperidine rings is 1. The molecule has 112 valence electrons. The summed E-state index contributed by atoms with van der Waals surface area (Å²) in [6, 6.07) is 0.766. The van der Waals surface area contributed by atoms with Crippen molar-refractivity contribution in [2.45, 2.75) is 52.0 Å². The van der Waals surface area contributed by atoms with Crippen molar-refractivity contribution >= 4 is 0 Å². The molecule has 0 aromatic rings. The lowest BCUT2D eigenvalue weighted by molar-refractivity contribution is 0.205. The Hall–Kier alpha value is -0.120. The zero-order chi connectivity index (χ0) is 13.7. The average Bonchev–Trinajstić information content (AvgIpc) is 2.84. The molecule has 19 heavy (non-hydrogen) atoms. The Labute approximate surface area is 119 Å². The van der Waals surface area contributed by atoms with E-state index < -0.39 is 0 Å². The van der Waals surface area contributed by atoms with Crippen molar-refractivity contribution in [1.82, 2.24) is 15.5 Å². The molecule has 2 heterocycles. The third kappa shape index (κ3) is 4.73. The molecule has 2 aliphatic heterocycles. The number of likely N-dealkylation sites (tertiary alicyclic amines) is 1. The van der Waals surface area contributed by atoms with Crippen molar-refractivity contribution in [3.63, 3.8) is 0 Å². The van der Waals surface area contributed by atoms with E-state index in [4.69, 9.17) is 0 Å². The molecular formula is C16H33N3. The molecule has 2 saturated heterocycles. The van der Waals surface area contributed by atoms with Crippen LogP contribution in [-0.2, 0) is 0 Å². The monoisotopic (exact) mass is 267 g/mol. The van der Waals surface area contributed by atoms with Crippen LogP contribution in [0.25, 0.3) is 0 Å². The SMILES string of the molecule is CN1CCC(C(C)(C)CNCCC2CCCCN2)C1. The third-order valence-corrected chi connectivity index (χ3v) is 5.16. The van der Waals surface area contributed by atoms with Crippen molar-refractivity contribution in [1.29, 1.82) is 0 Å². The van der Waals surface area contributed by atoms with E-state index in [1.807, 2.05) is 0 Å². The maximum absolute atomic E-state index is 3.71. The van der Waals surface area contributed by atoms with Crippen LogP contribution in [0.1, 0.15) is 46.0 Å². The molecule has 0 saturated carbocycles. The summed E-state index contributed by atoms with van der Waals surface area (Å²) in [5.74, 6) is 0.859. The van der Waals surface area contributed by atoms with Crippen LogP contribution in [0.15, 0.2) is 0 Å². The molecule has 0 amide bonds. The molecule has 0 radical (unpaired) electrons. The van der Waals surface area contributed by atoms with Gasteiger partial charge in [0.15, 0.2) is 0 Å². The maximum atomic E-state index is 3.71. The second-order valence-electron chi connectivity index (χ2n) is 7.35. The van der Waals surface area contributed by atoms with E-state index in [-0.39, 0.29) is 0 Å². The van der Waals surface area contributed by atoms with E-state index >= 15 is 0 Å². The molecule has 0 aromatic heterocycles. The summed E-state index contributed by atoms with van der Waals surface area (Å²) in [7, 11) is 2.25. The highest BCUT2D eigenvalue weighted by Crippen LogP contribution is 2.33. The molecule has 2 fully saturated rings. The fraction of sp³-hybridized carbons (Fsp3) is 1.00. The molecule has 2 aliphatic rings. The van der Waals surface area contributed by atoms with Crippen molar-refractivity contribution in [2.75, 3.05) is 39.8 Å². The van der Waals surface area contributed by atoms with Gasteiger partial charge in [0.2, 0.25) is 0 Å². The molecular weight excluding hydrogens is 234 g/mol. The van der Waals surface area contributed by atoms with E-state index in [0.29, 0.717) is 5.41 Å². The normalized spacial score (nSPS) is 29.8. The molecule has 0 aliphatic carbocycles. The maximum Gasteiger partial charge on any atom is 0.00791 e. The molecule has 2 unspecified atom stereocenters. The van der Waals surface area contributed by atoms with E-state index in [0.717, 1.165) is 18.5 Å². The highest BCUT2D eigenvalue weighted by Gasteiger charge is 2.33. The van der Waals surface area contributed by atoms with Gasteiger partial charge < -0.3 is 15.5 Å². The molecule has 2 N–H and O–H groups in total. The summed E-state index contributed by atoms with van der Waals surface area (Å²) in [4.78, 5) is 2.47. The third-order valence-electron chi connectivity index (χ3n) is 5.16. The Morgan fingerprint density at radius 1 is 1.26 bits per heavy atom. The molecule has 2 atom stereocenters. The second kappa shape index (κ2) is 7.05. The zero-order valence-corrected chi connectivity index (χ0v) is 13.2. The smallest absolute Gasteiger partial charge is 0.00791 e. The van der Waals surface area contributed by atoms with E-state index in [1.165, 1.54) is 58.3 Å². The highest BCUT2D eigenvalue weighted by molar-refractivity contribution is 4.87. The summed E-state index contributed by atoms with van der Waals surface area (Å²) in [6.45, 7) is 11.0. The minimum atomic E-state index is 0.435. The Balaban J connectivity index is 1.61. The minimum absolute atomic E-state index is 0.435. The fourth-order valence-electron chi connectivity index (χ4n) is 3.57. The van der Waals surface area contributed by atoms with Crippen molar-refractivity contribution < 1.29 is 0 Å². The van der Waals surface area contributed by atoms with Gasteiger partial charge in [-0.2, -0.15) is 0 Å². The van der Waals surface area contributed by atoms with Gasteiger partial charge in [-0.25, -0.2) is 0 Å². The summed E-state index contributed by atoms with van der Waals surface area (Å²) < 4.78 is 0. The minimum Gasteiger partial charge on any atom is -0.316 e. The Kier molecular flexibility index (Phi) is 5.67. The van der Waals surface area contributed by atoms with Crippen LogP contribution >= 0.6 is 0 Å². The van der Waals surface area contributed by atoms with Crippen LogP contribution < -0.4 is 10.6 Å². The predicted octanol–water partition coefficient (Wildman–Crippen LogP) is 2.09. The Morgan fingerprint density at radius 3 is 2.74 bits per heavy atom. The standard InChI is InChI=1S/C16H33N3/c1-16(2,14-8-11-19(3)12-14)13-17-10-7-15-6-4-5-9-18-15/h14-15,17-18H,4-13H2,1-3H3. The quantitative estimate of drug-likeness (QED) is 0.722. The molecule has 3 nitrogen and oxygen atoms in total. The van der Waals surface area contributed by atoms with Crippen LogP contribution in [0.2, 0.25) is 0 Å². The number of rotatable bonds is 6. The summed E-state index contributed by atoms with van der Waals surface area (Å²) in [6.07, 6.45) is 6.82. The summed E-state index contributed by atoms with van der Waals surface area (Å²) in [5, 5.41) is 7.34. The molecule has 0 spiro atoms. The first-order valence-corrected chi connectivity index (χ1v) is 8.20. The number of hydrogen-bond acceptors (Lipinski definition) is 3. The summed E-state index contributed by atoms with van der Waals surface area (Å²) >= 11 is 0.